The lowest BCUT2D eigenvalue weighted by Crippen LogP contribution is -2.18. The second-order valence-corrected chi connectivity index (χ2v) is 8.59. The molecule has 1 unspecified atom stereocenters. The number of nitrogens with two attached hydrogens (primary N) is 1. The van der Waals surface area contributed by atoms with Gasteiger partial charge >= 0.3 is 5.97 Å². The maximum atomic E-state index is 11.4. The molecule has 4 aromatic rings. The molecule has 0 aliphatic heterocycles. The van der Waals surface area contributed by atoms with E-state index < -0.39 is 11.9 Å². The lowest BCUT2D eigenvalue weighted by molar-refractivity contribution is -0.141. The van der Waals surface area contributed by atoms with Gasteiger partial charge in [0.25, 0.3) is 0 Å². The lowest BCUT2D eigenvalue weighted by atomic mass is 9.95. The number of anilines is 1. The number of rotatable bonds is 6. The molecule has 0 radical (unpaired) electrons. The summed E-state index contributed by atoms with van der Waals surface area (Å²) in [6.07, 6.45) is 3.87. The second kappa shape index (κ2) is 8.04. The van der Waals surface area contributed by atoms with E-state index in [2.05, 4.69) is 34.5 Å². The number of nitrogens with zero attached hydrogens (tertiary/aromatic N) is 1. The summed E-state index contributed by atoms with van der Waals surface area (Å²) >= 11 is 0. The molecule has 4 N–H and O–H groups in total. The summed E-state index contributed by atoms with van der Waals surface area (Å²) < 4.78 is 6.51. The molecule has 0 fully saturated rings. The van der Waals surface area contributed by atoms with Crippen LogP contribution in [0.2, 0.25) is 0 Å². The molecule has 3 aromatic carbocycles. The third-order valence-corrected chi connectivity index (χ3v) is 6.19. The number of nitrogen functional groups attached to an aromatic ring is 1. The van der Waals surface area contributed by atoms with Crippen molar-refractivity contribution in [2.45, 2.75) is 32.3 Å². The maximum absolute atomic E-state index is 11.4. The smallest absolute Gasteiger partial charge is 0.306 e. The quantitative estimate of drug-likeness (QED) is 0.390. The number of H-pyrrole nitrogens is 1. The zero-order chi connectivity index (χ0) is 22.2. The molecular formula is C26H25N3O3. The van der Waals surface area contributed by atoms with E-state index in [-0.39, 0.29) is 6.10 Å². The minimum absolute atomic E-state index is 0.00917. The van der Waals surface area contributed by atoms with Crippen molar-refractivity contribution in [2.75, 3.05) is 5.73 Å². The van der Waals surface area contributed by atoms with E-state index in [0.29, 0.717) is 17.9 Å². The van der Waals surface area contributed by atoms with Crippen molar-refractivity contribution in [1.82, 2.24) is 10.2 Å². The number of hydrogen-bond donors (Lipinski definition) is 3. The number of aliphatic carboxylic acids is 1. The van der Waals surface area contributed by atoms with Crippen molar-refractivity contribution in [1.29, 1.82) is 0 Å². The van der Waals surface area contributed by atoms with E-state index >= 15 is 0 Å². The number of fused-ring (bicyclic) bond motifs is 2. The van der Waals surface area contributed by atoms with Crippen molar-refractivity contribution < 1.29 is 14.6 Å². The number of benzene rings is 3. The van der Waals surface area contributed by atoms with Crippen LogP contribution in [0.4, 0.5) is 5.69 Å². The van der Waals surface area contributed by atoms with Gasteiger partial charge in [-0.15, -0.1) is 0 Å². The SMILES string of the molecule is CC(Cc1cc(N)c(OC2Cc3ccccc3C2)c(-c2ccc3[nH]ncc3c2)c1)C(=O)O. The zero-order valence-electron chi connectivity index (χ0n) is 17.8. The van der Waals surface area contributed by atoms with Gasteiger partial charge < -0.3 is 15.6 Å². The fourth-order valence-corrected chi connectivity index (χ4v) is 4.50. The molecule has 162 valence electrons. The summed E-state index contributed by atoms with van der Waals surface area (Å²) in [6, 6.07) is 18.3. The van der Waals surface area contributed by atoms with Gasteiger partial charge in [0.05, 0.1) is 23.3 Å². The third kappa shape index (κ3) is 3.80. The van der Waals surface area contributed by atoms with Crippen LogP contribution in [0, 0.1) is 5.92 Å². The fourth-order valence-electron chi connectivity index (χ4n) is 4.50. The van der Waals surface area contributed by atoms with Crippen molar-refractivity contribution in [2.24, 2.45) is 5.92 Å². The molecule has 1 aliphatic carbocycles. The van der Waals surface area contributed by atoms with E-state index in [0.717, 1.165) is 40.4 Å². The van der Waals surface area contributed by atoms with Gasteiger partial charge in [-0.05, 0) is 52.9 Å². The van der Waals surface area contributed by atoms with Crippen LogP contribution in [-0.4, -0.2) is 27.4 Å². The lowest BCUT2D eigenvalue weighted by Gasteiger charge is -2.20. The Hall–Kier alpha value is -3.80. The number of aromatic nitrogens is 2. The van der Waals surface area contributed by atoms with Gasteiger partial charge in [0.15, 0.2) is 0 Å². The molecule has 1 heterocycles. The summed E-state index contributed by atoms with van der Waals surface area (Å²) in [4.78, 5) is 11.4. The normalized spacial score (nSPS) is 14.4. The van der Waals surface area contributed by atoms with Crippen molar-refractivity contribution in [3.63, 3.8) is 0 Å². The summed E-state index contributed by atoms with van der Waals surface area (Å²) in [5.41, 5.74) is 13.3. The summed E-state index contributed by atoms with van der Waals surface area (Å²) in [5.74, 6) is -0.680. The van der Waals surface area contributed by atoms with E-state index in [1.54, 1.807) is 13.1 Å². The Kier molecular flexibility index (Phi) is 5.05. The molecule has 0 spiro atoms. The van der Waals surface area contributed by atoms with Gasteiger partial charge in [0.2, 0.25) is 0 Å². The average molecular weight is 428 g/mol. The predicted molar refractivity (Wildman–Crippen MR) is 125 cm³/mol. The Bertz CT molecular complexity index is 1290. The first-order valence-electron chi connectivity index (χ1n) is 10.8. The average Bonchev–Trinajstić information content (AvgIpc) is 3.40. The van der Waals surface area contributed by atoms with E-state index in [9.17, 15) is 9.90 Å². The number of carboxylic acids is 1. The first-order chi connectivity index (χ1) is 15.5. The molecule has 6 nitrogen and oxygen atoms in total. The van der Waals surface area contributed by atoms with Crippen molar-refractivity contribution in [3.8, 4) is 16.9 Å². The van der Waals surface area contributed by atoms with Crippen molar-refractivity contribution >= 4 is 22.6 Å². The largest absolute Gasteiger partial charge is 0.487 e. The van der Waals surface area contributed by atoms with Crippen molar-refractivity contribution in [3.05, 3.63) is 77.5 Å². The molecular weight excluding hydrogens is 402 g/mol. The zero-order valence-corrected chi connectivity index (χ0v) is 17.8. The second-order valence-electron chi connectivity index (χ2n) is 8.59. The van der Waals surface area contributed by atoms with Crippen LogP contribution >= 0.6 is 0 Å². The Balaban J connectivity index is 1.54. The van der Waals surface area contributed by atoms with Crippen LogP contribution < -0.4 is 10.5 Å². The minimum atomic E-state index is -0.825. The maximum Gasteiger partial charge on any atom is 0.306 e. The van der Waals surface area contributed by atoms with Gasteiger partial charge in [-0.3, -0.25) is 9.89 Å². The molecule has 1 aromatic heterocycles. The standard InChI is InChI=1S/C26H25N3O3/c1-15(26(30)31)8-16-9-22(19-6-7-24-20(11-19)14-28-29-24)25(23(27)10-16)32-21-12-17-4-2-3-5-18(17)13-21/h2-7,9-11,14-15,21H,8,12-13,27H2,1H3,(H,28,29)(H,30,31). The molecule has 1 aliphatic rings. The Morgan fingerprint density at radius 2 is 1.94 bits per heavy atom. The van der Waals surface area contributed by atoms with Gasteiger partial charge in [0.1, 0.15) is 11.9 Å². The summed E-state index contributed by atoms with van der Waals surface area (Å²) in [5, 5.41) is 17.4. The fraction of sp³-hybridized carbons (Fsp3) is 0.231. The molecule has 0 saturated heterocycles. The predicted octanol–water partition coefficient (Wildman–Crippen LogP) is 4.62. The first kappa shape index (κ1) is 20.1. The molecule has 0 bridgehead atoms. The van der Waals surface area contributed by atoms with Crippen LogP contribution in [-0.2, 0) is 24.1 Å². The highest BCUT2D eigenvalue weighted by Gasteiger charge is 2.25. The van der Waals surface area contributed by atoms with E-state index in [1.165, 1.54) is 11.1 Å². The molecule has 0 saturated carbocycles. The number of ether oxygens (including phenoxy) is 1. The van der Waals surface area contributed by atoms with E-state index in [1.807, 2.05) is 30.3 Å². The molecule has 32 heavy (non-hydrogen) atoms. The van der Waals surface area contributed by atoms with Gasteiger partial charge in [0, 0.05) is 23.8 Å². The number of carbonyl (C=O) groups is 1. The van der Waals surface area contributed by atoms with Crippen LogP contribution in [0.25, 0.3) is 22.0 Å². The van der Waals surface area contributed by atoms with Gasteiger partial charge in [-0.25, -0.2) is 0 Å². The summed E-state index contributed by atoms with van der Waals surface area (Å²) in [6.45, 7) is 1.70. The Morgan fingerprint density at radius 1 is 1.19 bits per heavy atom. The number of aromatic amines is 1. The highest BCUT2D eigenvalue weighted by molar-refractivity contribution is 5.87. The monoisotopic (exact) mass is 427 g/mol. The molecule has 1 atom stereocenters. The van der Waals surface area contributed by atoms with Gasteiger partial charge in [-0.2, -0.15) is 5.10 Å². The Labute approximate surface area is 186 Å². The molecule has 6 heteroatoms. The highest BCUT2D eigenvalue weighted by atomic mass is 16.5. The van der Waals surface area contributed by atoms with Crippen LogP contribution in [0.1, 0.15) is 23.6 Å². The summed E-state index contributed by atoms with van der Waals surface area (Å²) in [7, 11) is 0. The molecule has 0 amide bonds. The van der Waals surface area contributed by atoms with Gasteiger partial charge in [-0.1, -0.05) is 37.3 Å². The van der Waals surface area contributed by atoms with E-state index in [4.69, 9.17) is 10.5 Å². The Morgan fingerprint density at radius 3 is 2.66 bits per heavy atom. The highest BCUT2D eigenvalue weighted by Crippen LogP contribution is 2.40. The van der Waals surface area contributed by atoms with Crippen LogP contribution in [0.5, 0.6) is 5.75 Å². The van der Waals surface area contributed by atoms with Crippen LogP contribution in [0.15, 0.2) is 60.8 Å². The van der Waals surface area contributed by atoms with Crippen LogP contribution in [0.3, 0.4) is 0 Å². The molecule has 5 rings (SSSR count). The number of carboxylic acid groups (broad SMARTS) is 1. The number of hydrogen-bond acceptors (Lipinski definition) is 4. The third-order valence-electron chi connectivity index (χ3n) is 6.19. The number of nitrogens with one attached hydrogen (secondary N) is 1. The topological polar surface area (TPSA) is 101 Å². The first-order valence-corrected chi connectivity index (χ1v) is 10.8. The minimum Gasteiger partial charge on any atom is -0.487 e.